The molecule has 0 aliphatic carbocycles. The van der Waals surface area contributed by atoms with Crippen molar-refractivity contribution in [3.8, 4) is 0 Å². The zero-order valence-corrected chi connectivity index (χ0v) is 12.1. The fourth-order valence-electron chi connectivity index (χ4n) is 1.89. The normalized spacial score (nSPS) is 12.2. The van der Waals surface area contributed by atoms with E-state index in [0.717, 1.165) is 18.4 Å². The van der Waals surface area contributed by atoms with Crippen LogP contribution in [0.2, 0.25) is 0 Å². The van der Waals surface area contributed by atoms with Crippen molar-refractivity contribution in [3.63, 3.8) is 0 Å². The topological polar surface area (TPSA) is 64.0 Å². The molecular formula is C11H12ClF2N3O2S. The minimum atomic E-state index is -3.33. The largest absolute Gasteiger partial charge is 0.325 e. The van der Waals surface area contributed by atoms with Crippen LogP contribution in [0.15, 0.2) is 12.1 Å². The number of hydrogen-bond acceptors (Lipinski definition) is 3. The molecule has 1 N–H and O–H groups in total. The van der Waals surface area contributed by atoms with E-state index in [9.17, 15) is 17.2 Å². The number of halogens is 3. The number of aromatic nitrogens is 2. The molecule has 0 aliphatic rings. The van der Waals surface area contributed by atoms with Gasteiger partial charge in [0.1, 0.15) is 17.2 Å². The molecule has 5 nitrogen and oxygen atoms in total. The number of benzene rings is 1. The zero-order chi connectivity index (χ0) is 14.9. The molecule has 0 saturated carbocycles. The lowest BCUT2D eigenvalue weighted by Gasteiger charge is -2.08. The first-order valence-corrected chi connectivity index (χ1v) is 8.09. The summed E-state index contributed by atoms with van der Waals surface area (Å²) in [6.07, 6.45) is 1.03. The van der Waals surface area contributed by atoms with Crippen LogP contribution in [-0.2, 0) is 22.4 Å². The van der Waals surface area contributed by atoms with Gasteiger partial charge in [0.05, 0.1) is 17.7 Å². The van der Waals surface area contributed by atoms with Crippen molar-refractivity contribution in [1.82, 2.24) is 14.3 Å². The van der Waals surface area contributed by atoms with Gasteiger partial charge in [0, 0.05) is 19.2 Å². The Hall–Kier alpha value is -1.25. The van der Waals surface area contributed by atoms with Crippen LogP contribution in [0.1, 0.15) is 5.82 Å². The number of sulfonamides is 1. The highest BCUT2D eigenvalue weighted by Crippen LogP contribution is 2.21. The van der Waals surface area contributed by atoms with Crippen molar-refractivity contribution in [2.45, 2.75) is 12.4 Å². The lowest BCUT2D eigenvalue weighted by atomic mass is 10.3. The molecular weight excluding hydrogens is 312 g/mol. The van der Waals surface area contributed by atoms with E-state index in [2.05, 4.69) is 9.71 Å². The van der Waals surface area contributed by atoms with Crippen molar-refractivity contribution in [3.05, 3.63) is 29.6 Å². The standard InChI is InChI=1S/C11H12ClF2N3O2S/c1-20(18,19)15-2-3-17-9-5-7(13)4-8(14)11(9)16-10(17)6-12/h4-5,15H,2-3,6H2,1H3. The average Bonchev–Trinajstić information content (AvgIpc) is 2.66. The van der Waals surface area contributed by atoms with Gasteiger partial charge in [-0.05, 0) is 6.07 Å². The molecule has 0 bridgehead atoms. The number of hydrogen-bond donors (Lipinski definition) is 1. The molecule has 1 aromatic heterocycles. The monoisotopic (exact) mass is 323 g/mol. The Kier molecular flexibility index (Phi) is 4.26. The molecule has 20 heavy (non-hydrogen) atoms. The van der Waals surface area contributed by atoms with Crippen LogP contribution >= 0.6 is 11.6 Å². The minimum absolute atomic E-state index is 0.00855. The molecule has 0 atom stereocenters. The lowest BCUT2D eigenvalue weighted by Crippen LogP contribution is -2.26. The van der Waals surface area contributed by atoms with Gasteiger partial charge in [-0.15, -0.1) is 11.6 Å². The first-order valence-electron chi connectivity index (χ1n) is 5.66. The number of nitrogens with zero attached hydrogens (tertiary/aromatic N) is 2. The molecule has 1 aromatic carbocycles. The third-order valence-electron chi connectivity index (χ3n) is 2.67. The first-order chi connectivity index (χ1) is 9.31. The lowest BCUT2D eigenvalue weighted by molar-refractivity contribution is 0.576. The predicted molar refractivity (Wildman–Crippen MR) is 72.1 cm³/mol. The Labute approximate surface area is 119 Å². The van der Waals surface area contributed by atoms with Crippen molar-refractivity contribution < 1.29 is 17.2 Å². The highest BCUT2D eigenvalue weighted by molar-refractivity contribution is 7.88. The van der Waals surface area contributed by atoms with Crippen molar-refractivity contribution in [2.24, 2.45) is 0 Å². The number of fused-ring (bicyclic) bond motifs is 1. The van der Waals surface area contributed by atoms with E-state index in [4.69, 9.17) is 11.6 Å². The van der Waals surface area contributed by atoms with Crippen molar-refractivity contribution in [1.29, 1.82) is 0 Å². The zero-order valence-electron chi connectivity index (χ0n) is 10.5. The summed E-state index contributed by atoms with van der Waals surface area (Å²) in [5, 5.41) is 0. The molecule has 9 heteroatoms. The van der Waals surface area contributed by atoms with Gasteiger partial charge in [0.2, 0.25) is 10.0 Å². The summed E-state index contributed by atoms with van der Waals surface area (Å²) < 4.78 is 52.7. The SMILES string of the molecule is CS(=O)(=O)NCCn1c(CCl)nc2c(F)cc(F)cc21. The van der Waals surface area contributed by atoms with E-state index in [1.54, 1.807) is 0 Å². The second-order valence-corrected chi connectivity index (χ2v) is 6.34. The average molecular weight is 324 g/mol. The van der Waals surface area contributed by atoms with Gasteiger partial charge >= 0.3 is 0 Å². The van der Waals surface area contributed by atoms with Gasteiger partial charge < -0.3 is 4.57 Å². The number of imidazole rings is 1. The van der Waals surface area contributed by atoms with E-state index in [1.165, 1.54) is 4.57 Å². The summed E-state index contributed by atoms with van der Waals surface area (Å²) in [4.78, 5) is 4.00. The van der Waals surface area contributed by atoms with Gasteiger partial charge in [-0.25, -0.2) is 26.9 Å². The van der Waals surface area contributed by atoms with E-state index < -0.39 is 21.7 Å². The van der Waals surface area contributed by atoms with E-state index in [1.807, 2.05) is 0 Å². The maximum absolute atomic E-state index is 13.6. The van der Waals surface area contributed by atoms with Crippen LogP contribution in [0, 0.1) is 11.6 Å². The third-order valence-corrected chi connectivity index (χ3v) is 3.64. The minimum Gasteiger partial charge on any atom is -0.325 e. The molecule has 1 heterocycles. The summed E-state index contributed by atoms with van der Waals surface area (Å²) in [6, 6.07) is 1.88. The maximum Gasteiger partial charge on any atom is 0.208 e. The highest BCUT2D eigenvalue weighted by Gasteiger charge is 2.15. The summed E-state index contributed by atoms with van der Waals surface area (Å²) >= 11 is 5.73. The molecule has 0 radical (unpaired) electrons. The summed E-state index contributed by atoms with van der Waals surface area (Å²) in [5.41, 5.74) is 0.259. The molecule has 0 fully saturated rings. The van der Waals surface area contributed by atoms with Gasteiger partial charge in [-0.2, -0.15) is 0 Å². The van der Waals surface area contributed by atoms with Crippen LogP contribution in [0.4, 0.5) is 8.78 Å². The molecule has 110 valence electrons. The van der Waals surface area contributed by atoms with Crippen molar-refractivity contribution in [2.75, 3.05) is 12.8 Å². The fraction of sp³-hybridized carbons (Fsp3) is 0.364. The van der Waals surface area contributed by atoms with Crippen LogP contribution in [0.25, 0.3) is 11.0 Å². The molecule has 0 saturated heterocycles. The van der Waals surface area contributed by atoms with E-state index >= 15 is 0 Å². The predicted octanol–water partition coefficient (Wildman–Crippen LogP) is 1.60. The Morgan fingerprint density at radius 2 is 2.10 bits per heavy atom. The molecule has 0 spiro atoms. The van der Waals surface area contributed by atoms with Crippen LogP contribution in [0.3, 0.4) is 0 Å². The van der Waals surface area contributed by atoms with Crippen LogP contribution < -0.4 is 4.72 Å². The van der Waals surface area contributed by atoms with Gasteiger partial charge in [-0.1, -0.05) is 0 Å². The Morgan fingerprint density at radius 3 is 2.70 bits per heavy atom. The molecule has 2 rings (SSSR count). The number of alkyl halides is 1. The first kappa shape index (κ1) is 15.1. The highest BCUT2D eigenvalue weighted by atomic mass is 35.5. The van der Waals surface area contributed by atoms with Crippen LogP contribution in [-0.4, -0.2) is 30.8 Å². The van der Waals surface area contributed by atoms with E-state index in [0.29, 0.717) is 5.82 Å². The second kappa shape index (κ2) is 5.63. The third kappa shape index (κ3) is 3.25. The summed E-state index contributed by atoms with van der Waals surface area (Å²) in [6.45, 7) is 0.251. The van der Waals surface area contributed by atoms with Crippen LogP contribution in [0.5, 0.6) is 0 Å². The Morgan fingerprint density at radius 1 is 1.40 bits per heavy atom. The Balaban J connectivity index is 2.40. The molecule has 0 aliphatic heterocycles. The number of nitrogens with one attached hydrogen (secondary N) is 1. The van der Waals surface area contributed by atoms with Gasteiger partial charge in [-0.3, -0.25) is 0 Å². The van der Waals surface area contributed by atoms with E-state index in [-0.39, 0.29) is 30.0 Å². The van der Waals surface area contributed by atoms with Gasteiger partial charge in [0.25, 0.3) is 0 Å². The second-order valence-electron chi connectivity index (χ2n) is 4.24. The molecule has 0 unspecified atom stereocenters. The molecule has 0 amide bonds. The van der Waals surface area contributed by atoms with Gasteiger partial charge in [0.15, 0.2) is 5.82 Å². The fourth-order valence-corrected chi connectivity index (χ4v) is 2.56. The molecule has 2 aromatic rings. The number of rotatable bonds is 5. The summed E-state index contributed by atoms with van der Waals surface area (Å²) in [5.74, 6) is -1.15. The maximum atomic E-state index is 13.6. The van der Waals surface area contributed by atoms with Crippen molar-refractivity contribution >= 4 is 32.7 Å². The quantitative estimate of drug-likeness (QED) is 0.850. The smallest absolute Gasteiger partial charge is 0.208 e. The summed E-state index contributed by atoms with van der Waals surface area (Å²) in [7, 11) is -3.33. The Bertz CT molecular complexity index is 746.